The van der Waals surface area contributed by atoms with Crippen LogP contribution < -0.4 is 9.46 Å². The smallest absolute Gasteiger partial charge is 0.318 e. The van der Waals surface area contributed by atoms with E-state index in [2.05, 4.69) is 14.7 Å². The normalized spacial score (nSPS) is 10.4. The number of nitro groups is 1. The van der Waals surface area contributed by atoms with Crippen LogP contribution in [0, 0.1) is 21.7 Å². The molecule has 0 saturated carbocycles. The Labute approximate surface area is 156 Å². The minimum absolute atomic E-state index is 0.0721. The molecular formula is C17H12F2N4O3S. The Bertz CT molecular complexity index is 957. The van der Waals surface area contributed by atoms with Crippen molar-refractivity contribution < 1.29 is 18.4 Å². The van der Waals surface area contributed by atoms with Crippen LogP contribution in [0.2, 0.25) is 0 Å². The second kappa shape index (κ2) is 8.41. The van der Waals surface area contributed by atoms with Crippen LogP contribution in [0.15, 0.2) is 59.6 Å². The Balaban J connectivity index is 1.68. The first kappa shape index (κ1) is 18.5. The van der Waals surface area contributed by atoms with E-state index in [-0.39, 0.29) is 29.9 Å². The molecule has 0 unspecified atom stereocenters. The molecule has 3 aromatic rings. The number of anilines is 1. The van der Waals surface area contributed by atoms with E-state index in [9.17, 15) is 18.9 Å². The maximum Gasteiger partial charge on any atom is 0.318 e. The highest BCUT2D eigenvalue weighted by molar-refractivity contribution is 8.00. The van der Waals surface area contributed by atoms with E-state index in [1.807, 2.05) is 0 Å². The number of nitro benzene ring substituents is 1. The second-order valence-corrected chi connectivity index (χ2v) is 6.04. The molecule has 0 aliphatic heterocycles. The molecule has 0 bridgehead atoms. The molecule has 3 rings (SSSR count). The van der Waals surface area contributed by atoms with Gasteiger partial charge in [-0.1, -0.05) is 24.3 Å². The maximum absolute atomic E-state index is 13.9. The van der Waals surface area contributed by atoms with Crippen molar-refractivity contribution in [2.75, 3.05) is 4.72 Å². The molecule has 27 heavy (non-hydrogen) atoms. The first-order chi connectivity index (χ1) is 13.0. The third-order valence-electron chi connectivity index (χ3n) is 3.32. The summed E-state index contributed by atoms with van der Waals surface area (Å²) in [6.07, 6.45) is 0.926. The van der Waals surface area contributed by atoms with Crippen LogP contribution in [-0.2, 0) is 6.61 Å². The lowest BCUT2D eigenvalue weighted by Gasteiger charge is -2.08. The first-order valence-electron chi connectivity index (χ1n) is 7.59. The topological polar surface area (TPSA) is 90.2 Å². The van der Waals surface area contributed by atoms with E-state index in [1.165, 1.54) is 30.3 Å². The minimum Gasteiger partial charge on any atom is -0.459 e. The van der Waals surface area contributed by atoms with Gasteiger partial charge in [-0.15, -0.1) is 0 Å². The zero-order chi connectivity index (χ0) is 19.2. The van der Waals surface area contributed by atoms with Crippen molar-refractivity contribution in [1.82, 2.24) is 9.97 Å². The number of nitrogens with one attached hydrogen (secondary N) is 1. The zero-order valence-corrected chi connectivity index (χ0v) is 14.5. The highest BCUT2D eigenvalue weighted by Gasteiger charge is 2.15. The van der Waals surface area contributed by atoms with Crippen molar-refractivity contribution in [3.05, 3.63) is 82.0 Å². The second-order valence-electron chi connectivity index (χ2n) is 5.19. The third-order valence-corrected chi connectivity index (χ3v) is 4.18. The average molecular weight is 390 g/mol. The number of hydrogen-bond acceptors (Lipinski definition) is 7. The van der Waals surface area contributed by atoms with Crippen molar-refractivity contribution in [2.45, 2.75) is 11.5 Å². The molecule has 0 aliphatic rings. The monoisotopic (exact) mass is 390 g/mol. The molecule has 0 fully saturated rings. The number of ether oxygens (including phenoxy) is 1. The molecule has 0 radical (unpaired) electrons. The Morgan fingerprint density at radius 1 is 1.15 bits per heavy atom. The van der Waals surface area contributed by atoms with Gasteiger partial charge in [0, 0.05) is 6.07 Å². The highest BCUT2D eigenvalue weighted by atomic mass is 32.2. The lowest BCUT2D eigenvalue weighted by molar-refractivity contribution is -0.387. The molecule has 138 valence electrons. The molecule has 1 N–H and O–H groups in total. The van der Waals surface area contributed by atoms with Crippen LogP contribution in [0.1, 0.15) is 5.56 Å². The number of rotatable bonds is 7. The summed E-state index contributed by atoms with van der Waals surface area (Å²) in [5.74, 6) is -1.28. The van der Waals surface area contributed by atoms with E-state index in [1.54, 1.807) is 18.2 Å². The summed E-state index contributed by atoms with van der Waals surface area (Å²) in [5, 5.41) is 11.0. The van der Waals surface area contributed by atoms with Gasteiger partial charge in [0.25, 0.3) is 5.69 Å². The predicted octanol–water partition coefficient (Wildman–Crippen LogP) is 4.36. The van der Waals surface area contributed by atoms with Crippen molar-refractivity contribution in [3.63, 3.8) is 0 Å². The molecule has 0 saturated heterocycles. The summed E-state index contributed by atoms with van der Waals surface area (Å²) in [7, 11) is 0. The number of para-hydroxylation sites is 1. The van der Waals surface area contributed by atoms with Crippen molar-refractivity contribution >= 4 is 23.5 Å². The minimum atomic E-state index is -0.741. The predicted molar refractivity (Wildman–Crippen MR) is 95.3 cm³/mol. The van der Waals surface area contributed by atoms with Gasteiger partial charge in [-0.25, -0.2) is 13.8 Å². The Hall–Kier alpha value is -3.27. The molecule has 10 heteroatoms. The van der Waals surface area contributed by atoms with E-state index in [0.717, 1.165) is 18.1 Å². The summed E-state index contributed by atoms with van der Waals surface area (Å²) in [6.45, 7) is 0.0721. The van der Waals surface area contributed by atoms with Crippen LogP contribution in [0.3, 0.4) is 0 Å². The highest BCUT2D eigenvalue weighted by Crippen LogP contribution is 2.30. The lowest BCUT2D eigenvalue weighted by Crippen LogP contribution is -2.03. The van der Waals surface area contributed by atoms with Crippen LogP contribution in [0.5, 0.6) is 6.01 Å². The molecule has 2 aromatic carbocycles. The average Bonchev–Trinajstić information content (AvgIpc) is 2.67. The standard InChI is InChI=1S/C17H12F2N4O3S/c18-12-7-5-11(6-8-12)10-26-17-20-9-13(19)16(21-17)22-27-15-4-2-1-3-14(15)23(24)25/h1-9H,10H2,(H,20,21,22). The maximum atomic E-state index is 13.9. The molecule has 1 aromatic heterocycles. The van der Waals surface area contributed by atoms with Gasteiger partial charge in [0.1, 0.15) is 17.3 Å². The van der Waals surface area contributed by atoms with Crippen LogP contribution in [-0.4, -0.2) is 14.9 Å². The fraction of sp³-hybridized carbons (Fsp3) is 0.0588. The van der Waals surface area contributed by atoms with E-state index in [4.69, 9.17) is 4.74 Å². The third kappa shape index (κ3) is 4.88. The summed E-state index contributed by atoms with van der Waals surface area (Å²) in [5.41, 5.74) is 0.574. The fourth-order valence-corrected chi connectivity index (χ4v) is 2.76. The largest absolute Gasteiger partial charge is 0.459 e. The Kier molecular flexibility index (Phi) is 5.77. The molecular weight excluding hydrogens is 378 g/mol. The van der Waals surface area contributed by atoms with Gasteiger partial charge in [-0.3, -0.25) is 10.1 Å². The van der Waals surface area contributed by atoms with Gasteiger partial charge in [-0.05, 0) is 35.7 Å². The summed E-state index contributed by atoms with van der Waals surface area (Å²) < 4.78 is 34.8. The number of halogens is 2. The Morgan fingerprint density at radius 2 is 1.89 bits per heavy atom. The van der Waals surface area contributed by atoms with Crippen LogP contribution >= 0.6 is 11.9 Å². The lowest BCUT2D eigenvalue weighted by atomic mass is 10.2. The molecule has 0 amide bonds. The van der Waals surface area contributed by atoms with Gasteiger partial charge < -0.3 is 9.46 Å². The number of aromatic nitrogens is 2. The summed E-state index contributed by atoms with van der Waals surface area (Å²) >= 11 is 0.848. The number of hydrogen-bond donors (Lipinski definition) is 1. The SMILES string of the molecule is O=[N+]([O-])c1ccccc1SNc1nc(OCc2ccc(F)cc2)ncc1F. The van der Waals surface area contributed by atoms with Crippen LogP contribution in [0.4, 0.5) is 20.3 Å². The van der Waals surface area contributed by atoms with Crippen molar-refractivity contribution in [3.8, 4) is 6.01 Å². The summed E-state index contributed by atoms with van der Waals surface area (Å²) in [4.78, 5) is 18.4. The van der Waals surface area contributed by atoms with Gasteiger partial charge in [-0.2, -0.15) is 4.98 Å². The van der Waals surface area contributed by atoms with E-state index < -0.39 is 10.7 Å². The number of nitrogens with zero attached hydrogens (tertiary/aromatic N) is 3. The van der Waals surface area contributed by atoms with Crippen molar-refractivity contribution in [1.29, 1.82) is 0 Å². The molecule has 0 atom stereocenters. The van der Waals surface area contributed by atoms with E-state index >= 15 is 0 Å². The van der Waals surface area contributed by atoms with E-state index in [0.29, 0.717) is 10.5 Å². The quantitative estimate of drug-likeness (QED) is 0.364. The zero-order valence-electron chi connectivity index (χ0n) is 13.6. The fourth-order valence-electron chi connectivity index (χ4n) is 2.02. The number of benzene rings is 2. The van der Waals surface area contributed by atoms with Crippen LogP contribution in [0.25, 0.3) is 0 Å². The van der Waals surface area contributed by atoms with Gasteiger partial charge in [0.15, 0.2) is 11.6 Å². The molecule has 7 nitrogen and oxygen atoms in total. The summed E-state index contributed by atoms with van der Waals surface area (Å²) in [6, 6.07) is 11.6. The Morgan fingerprint density at radius 3 is 2.63 bits per heavy atom. The molecule has 0 aliphatic carbocycles. The van der Waals surface area contributed by atoms with Gasteiger partial charge in [0.05, 0.1) is 11.1 Å². The first-order valence-corrected chi connectivity index (χ1v) is 8.40. The molecule has 0 spiro atoms. The van der Waals surface area contributed by atoms with Crippen molar-refractivity contribution in [2.24, 2.45) is 0 Å². The van der Waals surface area contributed by atoms with Gasteiger partial charge in [0.2, 0.25) is 0 Å². The molecule has 1 heterocycles. The van der Waals surface area contributed by atoms with Gasteiger partial charge >= 0.3 is 6.01 Å².